The van der Waals surface area contributed by atoms with Crippen molar-refractivity contribution in [1.82, 2.24) is 0 Å². The zero-order chi connectivity index (χ0) is 34.9. The molecule has 50 heavy (non-hydrogen) atoms. The number of ketones is 2. The number of anilines is 1. The molecule has 0 aromatic heterocycles. The second-order valence-corrected chi connectivity index (χ2v) is 15.4. The summed E-state index contributed by atoms with van der Waals surface area (Å²) in [6.07, 6.45) is 4.07. The van der Waals surface area contributed by atoms with Crippen LogP contribution < -0.4 is 9.64 Å². The number of phenols is 1. The summed E-state index contributed by atoms with van der Waals surface area (Å²) in [5, 5.41) is 10.9. The van der Waals surface area contributed by atoms with Crippen LogP contribution in [-0.2, 0) is 24.6 Å². The number of hydrogen-bond acceptors (Lipinski definition) is 6. The molecule has 0 bridgehead atoms. The Kier molecular flexibility index (Phi) is 8.18. The Morgan fingerprint density at radius 1 is 0.880 bits per heavy atom. The number of allylic oxidation sites excluding steroid dienone is 4. The Hall–Kier alpha value is -4.35. The smallest absolute Gasteiger partial charge is 0.238 e. The molecule has 2 fully saturated rings. The lowest BCUT2D eigenvalue weighted by Crippen LogP contribution is -2.58. The number of phenolic OH excluding ortho intramolecular Hbond substituents is 1. The lowest BCUT2D eigenvalue weighted by Gasteiger charge is -2.55. The first-order valence-corrected chi connectivity index (χ1v) is 18.3. The van der Waals surface area contributed by atoms with E-state index >= 15 is 9.59 Å². The molecule has 1 aliphatic heterocycles. The van der Waals surface area contributed by atoms with Gasteiger partial charge in [-0.1, -0.05) is 88.2 Å². The molecule has 7 nitrogen and oxygen atoms in total. The van der Waals surface area contributed by atoms with Gasteiger partial charge in [-0.3, -0.25) is 24.1 Å². The highest BCUT2D eigenvalue weighted by Gasteiger charge is 2.66. The van der Waals surface area contributed by atoms with Gasteiger partial charge in [-0.25, -0.2) is 0 Å². The van der Waals surface area contributed by atoms with Gasteiger partial charge in [0.15, 0.2) is 23.1 Å². The quantitative estimate of drug-likeness (QED) is 0.125. The number of nitrogens with zero attached hydrogens (tertiary/aromatic N) is 1. The molecule has 1 heterocycles. The average molecular weight is 841 g/mol. The summed E-state index contributed by atoms with van der Waals surface area (Å²) >= 11 is 5.49. The normalized spacial score (nSPS) is 27.3. The fraction of sp³-hybridized carbons (Fsp3) is 0.220. The summed E-state index contributed by atoms with van der Waals surface area (Å²) in [7, 11) is 1.47. The van der Waals surface area contributed by atoms with Crippen molar-refractivity contribution < 1.29 is 29.0 Å². The summed E-state index contributed by atoms with van der Waals surface area (Å²) < 4.78 is 6.97. The molecule has 9 heteroatoms. The van der Waals surface area contributed by atoms with Crippen LogP contribution in [0.2, 0.25) is 0 Å². The molecular weight excluding hydrogens is 809 g/mol. The SMILES string of the molecule is COc1cc(C2C3=CCC4C(=O)N(c5ccc(Br)cc5)C(=O)C4C3CC3C(=O)C(c4ccccc4)=CC(=O)C32c2ccccc2)cc(I)c1O. The summed E-state index contributed by atoms with van der Waals surface area (Å²) in [6, 6.07) is 29.3. The standard InChI is InChI=1S/C41H31BrINO6/c1-50-33-19-23(18-32(43)38(33)47)36-27-16-17-28-35(40(49)44(39(28)48)26-14-12-25(42)13-15-26)30(27)20-31-37(46)29(22-8-4-2-5-9-22)21-34(45)41(31,36)24-10-6-3-7-11-24/h2-16,18-19,21,28,30-31,35-36,47H,17,20H2,1H3. The predicted octanol–water partition coefficient (Wildman–Crippen LogP) is 7.80. The fourth-order valence-corrected chi connectivity index (χ4v) is 9.90. The van der Waals surface area contributed by atoms with Crippen LogP contribution in [0.25, 0.3) is 5.57 Å². The molecule has 1 saturated heterocycles. The molecule has 4 aromatic carbocycles. The zero-order valence-corrected chi connectivity index (χ0v) is 30.6. The third kappa shape index (κ3) is 4.80. The topological polar surface area (TPSA) is 101 Å². The van der Waals surface area contributed by atoms with Crippen molar-refractivity contribution in [2.24, 2.45) is 23.7 Å². The lowest BCUT2D eigenvalue weighted by atomic mass is 9.44. The van der Waals surface area contributed by atoms with Crippen LogP contribution in [0.15, 0.2) is 119 Å². The van der Waals surface area contributed by atoms with Crippen molar-refractivity contribution in [1.29, 1.82) is 0 Å². The minimum atomic E-state index is -1.37. The first-order valence-electron chi connectivity index (χ1n) is 16.5. The molecule has 1 saturated carbocycles. The van der Waals surface area contributed by atoms with Gasteiger partial charge in [0.05, 0.1) is 33.6 Å². The Labute approximate surface area is 311 Å². The van der Waals surface area contributed by atoms with E-state index in [1.165, 1.54) is 18.1 Å². The van der Waals surface area contributed by atoms with E-state index < -0.39 is 35.0 Å². The van der Waals surface area contributed by atoms with E-state index in [2.05, 4.69) is 38.5 Å². The molecule has 250 valence electrons. The van der Waals surface area contributed by atoms with E-state index in [-0.39, 0.29) is 41.3 Å². The molecule has 2 amide bonds. The third-order valence-electron chi connectivity index (χ3n) is 11.1. The number of aromatic hydroxyl groups is 1. The number of carbonyl (C=O) groups is 4. The molecule has 4 aliphatic rings. The van der Waals surface area contributed by atoms with Crippen LogP contribution in [0.4, 0.5) is 5.69 Å². The zero-order valence-electron chi connectivity index (χ0n) is 26.9. The van der Waals surface area contributed by atoms with Gasteiger partial charge in [-0.05, 0) is 101 Å². The number of Topliss-reactive ketones (excluding diaryl/α,β-unsaturated/α-hetero) is 1. The van der Waals surface area contributed by atoms with Gasteiger partial charge in [-0.2, -0.15) is 0 Å². The van der Waals surface area contributed by atoms with E-state index in [1.54, 1.807) is 30.3 Å². The highest BCUT2D eigenvalue weighted by Crippen LogP contribution is 2.64. The van der Waals surface area contributed by atoms with Gasteiger partial charge in [0.2, 0.25) is 11.8 Å². The maximum Gasteiger partial charge on any atom is 0.238 e. The van der Waals surface area contributed by atoms with Crippen LogP contribution in [0.3, 0.4) is 0 Å². The summed E-state index contributed by atoms with van der Waals surface area (Å²) in [5.74, 6) is -4.08. The maximum atomic E-state index is 15.2. The van der Waals surface area contributed by atoms with E-state index in [4.69, 9.17) is 4.74 Å². The lowest BCUT2D eigenvalue weighted by molar-refractivity contribution is -0.135. The van der Waals surface area contributed by atoms with Gasteiger partial charge < -0.3 is 9.84 Å². The Morgan fingerprint density at radius 2 is 1.56 bits per heavy atom. The van der Waals surface area contributed by atoms with Crippen LogP contribution in [0.5, 0.6) is 11.5 Å². The molecule has 0 radical (unpaired) electrons. The average Bonchev–Trinajstić information content (AvgIpc) is 3.40. The van der Waals surface area contributed by atoms with Crippen molar-refractivity contribution >= 4 is 73.2 Å². The molecule has 8 rings (SSSR count). The number of carbonyl (C=O) groups excluding carboxylic acids is 4. The van der Waals surface area contributed by atoms with Gasteiger partial charge in [0, 0.05) is 21.9 Å². The van der Waals surface area contributed by atoms with Gasteiger partial charge in [-0.15, -0.1) is 0 Å². The number of rotatable bonds is 5. The monoisotopic (exact) mass is 839 g/mol. The molecule has 6 unspecified atom stereocenters. The second kappa shape index (κ2) is 12.5. The van der Waals surface area contributed by atoms with Crippen molar-refractivity contribution in [2.45, 2.75) is 24.2 Å². The highest BCUT2D eigenvalue weighted by atomic mass is 127. The van der Waals surface area contributed by atoms with Crippen LogP contribution in [-0.4, -0.2) is 35.6 Å². The van der Waals surface area contributed by atoms with Crippen molar-refractivity contribution in [3.63, 3.8) is 0 Å². The summed E-state index contributed by atoms with van der Waals surface area (Å²) in [4.78, 5) is 60.1. The number of ether oxygens (including phenoxy) is 1. The maximum absolute atomic E-state index is 15.2. The van der Waals surface area contributed by atoms with Crippen LogP contribution in [0, 0.1) is 27.2 Å². The minimum absolute atomic E-state index is 0.0220. The van der Waals surface area contributed by atoms with Gasteiger partial charge >= 0.3 is 0 Å². The highest BCUT2D eigenvalue weighted by molar-refractivity contribution is 14.1. The Bertz CT molecular complexity index is 2150. The van der Waals surface area contributed by atoms with Crippen molar-refractivity contribution in [3.8, 4) is 11.5 Å². The van der Waals surface area contributed by atoms with E-state index in [0.29, 0.717) is 37.9 Å². The summed E-state index contributed by atoms with van der Waals surface area (Å²) in [5.41, 5.74) is 2.37. The van der Waals surface area contributed by atoms with Gasteiger partial charge in [0.1, 0.15) is 0 Å². The van der Waals surface area contributed by atoms with Crippen LogP contribution >= 0.6 is 38.5 Å². The molecule has 4 aromatic rings. The van der Waals surface area contributed by atoms with E-state index in [1.807, 2.05) is 72.8 Å². The van der Waals surface area contributed by atoms with Crippen molar-refractivity contribution in [2.75, 3.05) is 12.0 Å². The van der Waals surface area contributed by atoms with E-state index in [9.17, 15) is 14.7 Å². The second-order valence-electron chi connectivity index (χ2n) is 13.3. The number of amides is 2. The molecule has 0 spiro atoms. The Balaban J connectivity index is 1.38. The number of hydrogen-bond donors (Lipinski definition) is 1. The number of methoxy groups -OCH3 is 1. The molecular formula is C41H31BrINO6. The largest absolute Gasteiger partial charge is 0.504 e. The number of imide groups is 1. The van der Waals surface area contributed by atoms with Crippen LogP contribution in [0.1, 0.15) is 35.4 Å². The van der Waals surface area contributed by atoms with E-state index in [0.717, 1.165) is 10.0 Å². The molecule has 3 aliphatic carbocycles. The molecule has 6 atom stereocenters. The first kappa shape index (κ1) is 32.8. The minimum Gasteiger partial charge on any atom is -0.504 e. The molecule has 1 N–H and O–H groups in total. The Morgan fingerprint density at radius 3 is 2.24 bits per heavy atom. The first-order chi connectivity index (χ1) is 24.2. The fourth-order valence-electron chi connectivity index (χ4n) is 9.01. The third-order valence-corrected chi connectivity index (χ3v) is 12.4. The van der Waals surface area contributed by atoms with Crippen molar-refractivity contribution in [3.05, 3.63) is 140 Å². The van der Waals surface area contributed by atoms with Gasteiger partial charge in [0.25, 0.3) is 0 Å². The predicted molar refractivity (Wildman–Crippen MR) is 201 cm³/mol. The number of fused-ring (bicyclic) bond motifs is 4. The summed E-state index contributed by atoms with van der Waals surface area (Å²) in [6.45, 7) is 0. The number of halogens is 2. The number of benzene rings is 4.